The minimum atomic E-state index is -0.681. The van der Waals surface area contributed by atoms with Crippen LogP contribution in [0.15, 0.2) is 12.4 Å². The largest absolute Gasteiger partial charge is 0.389 e. The Bertz CT molecular complexity index is 343. The molecule has 0 saturated carbocycles. The van der Waals surface area contributed by atoms with Gasteiger partial charge in [-0.2, -0.15) is 0 Å². The molecule has 0 atom stereocenters. The van der Waals surface area contributed by atoms with Gasteiger partial charge in [0.1, 0.15) is 0 Å². The van der Waals surface area contributed by atoms with Gasteiger partial charge >= 0.3 is 0 Å². The Morgan fingerprint density at radius 1 is 1.18 bits per heavy atom. The fraction of sp³-hybridized carbons (Fsp3) is 0.667. The summed E-state index contributed by atoms with van der Waals surface area (Å²) in [6.07, 6.45) is 3.65. The van der Waals surface area contributed by atoms with Crippen LogP contribution in [0.25, 0.3) is 0 Å². The van der Waals surface area contributed by atoms with Gasteiger partial charge in [0.2, 0.25) is 5.95 Å². The molecule has 1 N–H and O–H groups in total. The van der Waals surface area contributed by atoms with Crippen LogP contribution >= 0.6 is 0 Å². The Morgan fingerprint density at radius 2 is 1.71 bits per heavy atom. The third-order valence-corrected chi connectivity index (χ3v) is 2.20. The predicted molar refractivity (Wildman–Crippen MR) is 69.0 cm³/mol. The monoisotopic (exact) mass is 238 g/mol. The first kappa shape index (κ1) is 13.9. The fourth-order valence-electron chi connectivity index (χ4n) is 1.69. The fourth-order valence-corrected chi connectivity index (χ4v) is 1.69. The second kappa shape index (κ2) is 5.42. The van der Waals surface area contributed by atoms with Crippen molar-refractivity contribution in [2.24, 2.45) is 0 Å². The molecule has 5 heteroatoms. The summed E-state index contributed by atoms with van der Waals surface area (Å²) in [7, 11) is 5.79. The van der Waals surface area contributed by atoms with Gasteiger partial charge in [-0.3, -0.25) is 4.90 Å². The zero-order valence-corrected chi connectivity index (χ0v) is 11.3. The van der Waals surface area contributed by atoms with Crippen molar-refractivity contribution < 1.29 is 5.11 Å². The van der Waals surface area contributed by atoms with E-state index in [1.807, 2.05) is 43.3 Å². The molecule has 0 radical (unpaired) electrons. The maximum absolute atomic E-state index is 9.70. The van der Waals surface area contributed by atoms with Crippen molar-refractivity contribution in [2.45, 2.75) is 26.0 Å². The number of hydrogen-bond donors (Lipinski definition) is 1. The van der Waals surface area contributed by atoms with Crippen LogP contribution < -0.4 is 4.90 Å². The van der Waals surface area contributed by atoms with Crippen LogP contribution in [0.2, 0.25) is 0 Å². The molecule has 5 nitrogen and oxygen atoms in total. The van der Waals surface area contributed by atoms with Gasteiger partial charge in [-0.1, -0.05) is 0 Å². The molecule has 1 aromatic rings. The van der Waals surface area contributed by atoms with E-state index in [-0.39, 0.29) is 0 Å². The molecule has 1 heterocycles. The van der Waals surface area contributed by atoms with Crippen LogP contribution in [0.3, 0.4) is 0 Å². The van der Waals surface area contributed by atoms with E-state index < -0.39 is 5.60 Å². The third-order valence-electron chi connectivity index (χ3n) is 2.20. The normalized spacial score (nSPS) is 11.9. The van der Waals surface area contributed by atoms with E-state index in [0.717, 1.165) is 12.1 Å². The quantitative estimate of drug-likeness (QED) is 0.820. The highest BCUT2D eigenvalue weighted by molar-refractivity contribution is 5.26. The number of hydrogen-bond acceptors (Lipinski definition) is 5. The molecule has 0 aliphatic heterocycles. The molecule has 0 amide bonds. The van der Waals surface area contributed by atoms with Gasteiger partial charge in [-0.05, 0) is 20.9 Å². The summed E-state index contributed by atoms with van der Waals surface area (Å²) in [6.45, 7) is 4.95. The van der Waals surface area contributed by atoms with Gasteiger partial charge in [0, 0.05) is 45.1 Å². The predicted octanol–water partition coefficient (Wildman–Crippen LogP) is 0.745. The summed E-state index contributed by atoms with van der Waals surface area (Å²) in [5, 5.41) is 9.70. The second-order valence-corrected chi connectivity index (χ2v) is 5.27. The van der Waals surface area contributed by atoms with Crippen LogP contribution in [-0.4, -0.2) is 53.3 Å². The van der Waals surface area contributed by atoms with Gasteiger partial charge in [0.05, 0.1) is 5.60 Å². The van der Waals surface area contributed by atoms with Gasteiger partial charge in [-0.25, -0.2) is 9.97 Å². The number of likely N-dealkylation sites (N-methyl/N-ethyl adjacent to an activating group) is 1. The van der Waals surface area contributed by atoms with E-state index in [0.29, 0.717) is 12.5 Å². The lowest BCUT2D eigenvalue weighted by Gasteiger charge is -2.25. The number of aliphatic hydroxyl groups is 1. The molecule has 0 fully saturated rings. The lowest BCUT2D eigenvalue weighted by atomic mass is 10.1. The average molecular weight is 238 g/mol. The number of anilines is 1. The van der Waals surface area contributed by atoms with Gasteiger partial charge in [0.15, 0.2) is 0 Å². The van der Waals surface area contributed by atoms with E-state index in [2.05, 4.69) is 9.97 Å². The number of rotatable bonds is 5. The van der Waals surface area contributed by atoms with Crippen molar-refractivity contribution in [1.29, 1.82) is 0 Å². The minimum absolute atomic E-state index is 0.614. The zero-order valence-electron chi connectivity index (χ0n) is 11.3. The molecule has 1 aromatic heterocycles. The van der Waals surface area contributed by atoms with Crippen molar-refractivity contribution in [3.63, 3.8) is 0 Å². The zero-order chi connectivity index (χ0) is 13.1. The first-order valence-electron chi connectivity index (χ1n) is 5.67. The summed E-state index contributed by atoms with van der Waals surface area (Å²) >= 11 is 0. The van der Waals surface area contributed by atoms with Crippen molar-refractivity contribution in [3.05, 3.63) is 18.0 Å². The first-order chi connectivity index (χ1) is 7.78. The standard InChI is InChI=1S/C12H22N4O/c1-12(2,17)9-16(5)8-10-6-13-11(14-7-10)15(3)4/h6-7,17H,8-9H2,1-5H3. The summed E-state index contributed by atoms with van der Waals surface area (Å²) in [6, 6.07) is 0. The summed E-state index contributed by atoms with van der Waals surface area (Å²) in [5.41, 5.74) is 0.362. The molecular formula is C12H22N4O. The average Bonchev–Trinajstić information content (AvgIpc) is 2.15. The maximum atomic E-state index is 9.70. The number of nitrogens with zero attached hydrogens (tertiary/aromatic N) is 4. The van der Waals surface area contributed by atoms with E-state index in [4.69, 9.17) is 0 Å². The highest BCUT2D eigenvalue weighted by Gasteiger charge is 2.15. The molecular weight excluding hydrogens is 216 g/mol. The Hall–Kier alpha value is -1.20. The first-order valence-corrected chi connectivity index (χ1v) is 5.67. The molecule has 0 aromatic carbocycles. The summed E-state index contributed by atoms with van der Waals surface area (Å²) < 4.78 is 0. The van der Waals surface area contributed by atoms with Gasteiger partial charge in [-0.15, -0.1) is 0 Å². The lowest BCUT2D eigenvalue weighted by molar-refractivity contribution is 0.0424. The third kappa shape index (κ3) is 5.10. The summed E-state index contributed by atoms with van der Waals surface area (Å²) in [5.74, 6) is 0.707. The molecule has 96 valence electrons. The highest BCUT2D eigenvalue weighted by Crippen LogP contribution is 2.08. The van der Waals surface area contributed by atoms with Crippen LogP contribution in [0, 0.1) is 0 Å². The smallest absolute Gasteiger partial charge is 0.224 e. The summed E-state index contributed by atoms with van der Waals surface area (Å²) in [4.78, 5) is 12.4. The molecule has 0 saturated heterocycles. The van der Waals surface area contributed by atoms with Gasteiger partial charge < -0.3 is 10.0 Å². The van der Waals surface area contributed by atoms with E-state index >= 15 is 0 Å². The van der Waals surface area contributed by atoms with E-state index in [9.17, 15) is 5.11 Å². The van der Waals surface area contributed by atoms with Crippen molar-refractivity contribution in [2.75, 3.05) is 32.6 Å². The topological polar surface area (TPSA) is 52.5 Å². The van der Waals surface area contributed by atoms with Crippen LogP contribution in [-0.2, 0) is 6.54 Å². The van der Waals surface area contributed by atoms with E-state index in [1.54, 1.807) is 13.8 Å². The number of aromatic nitrogens is 2. The molecule has 0 spiro atoms. The van der Waals surface area contributed by atoms with Gasteiger partial charge in [0.25, 0.3) is 0 Å². The van der Waals surface area contributed by atoms with E-state index in [1.165, 1.54) is 0 Å². The molecule has 0 aliphatic rings. The highest BCUT2D eigenvalue weighted by atomic mass is 16.3. The van der Waals surface area contributed by atoms with Crippen molar-refractivity contribution in [1.82, 2.24) is 14.9 Å². The van der Waals surface area contributed by atoms with Crippen LogP contribution in [0.5, 0.6) is 0 Å². The second-order valence-electron chi connectivity index (χ2n) is 5.27. The minimum Gasteiger partial charge on any atom is -0.389 e. The Labute approximate surface area is 103 Å². The Morgan fingerprint density at radius 3 is 2.12 bits per heavy atom. The lowest BCUT2D eigenvalue weighted by Crippen LogP contribution is -2.35. The Kier molecular flexibility index (Phi) is 4.42. The molecule has 1 rings (SSSR count). The van der Waals surface area contributed by atoms with Crippen molar-refractivity contribution >= 4 is 5.95 Å². The molecule has 0 unspecified atom stereocenters. The SMILES string of the molecule is CN(Cc1cnc(N(C)C)nc1)CC(C)(C)O. The van der Waals surface area contributed by atoms with Crippen LogP contribution in [0.1, 0.15) is 19.4 Å². The van der Waals surface area contributed by atoms with Crippen molar-refractivity contribution in [3.8, 4) is 0 Å². The molecule has 17 heavy (non-hydrogen) atoms. The molecule has 0 bridgehead atoms. The van der Waals surface area contributed by atoms with Crippen LogP contribution in [0.4, 0.5) is 5.95 Å². The molecule has 0 aliphatic carbocycles. The maximum Gasteiger partial charge on any atom is 0.224 e. The Balaban J connectivity index is 2.57.